The van der Waals surface area contributed by atoms with E-state index in [1.165, 1.54) is 12.8 Å². The Bertz CT molecular complexity index is 589. The van der Waals surface area contributed by atoms with Gasteiger partial charge in [-0.3, -0.25) is 9.56 Å². The van der Waals surface area contributed by atoms with Gasteiger partial charge in [0.15, 0.2) is 5.96 Å². The molecule has 2 heterocycles. The first-order valence-corrected chi connectivity index (χ1v) is 8.39. The molecule has 2 aliphatic rings. The van der Waals surface area contributed by atoms with E-state index in [1.54, 1.807) is 11.7 Å². The van der Waals surface area contributed by atoms with Gasteiger partial charge >= 0.3 is 5.69 Å². The maximum absolute atomic E-state index is 12.2. The van der Waals surface area contributed by atoms with Crippen molar-refractivity contribution in [1.82, 2.24) is 25.0 Å². The number of halogens is 1. The van der Waals surface area contributed by atoms with Crippen LogP contribution in [0.2, 0.25) is 0 Å². The monoisotopic (exact) mass is 434 g/mol. The molecule has 1 aromatic rings. The number of aryl methyl sites for hydroxylation is 2. The second-order valence-corrected chi connectivity index (χ2v) is 6.21. The van der Waals surface area contributed by atoms with Gasteiger partial charge in [0.25, 0.3) is 0 Å². The van der Waals surface area contributed by atoms with Gasteiger partial charge in [-0.05, 0) is 38.0 Å². The number of nitrogens with zero attached hydrogens (tertiary/aromatic N) is 4. The van der Waals surface area contributed by atoms with Gasteiger partial charge in [0.05, 0.1) is 0 Å². The summed E-state index contributed by atoms with van der Waals surface area (Å²) in [5.74, 6) is 2.63. The molecular formula is C15H27IN6O. The SMILES string of the molecule is CN=C(NCCCn1nc2n(c1=O)CCCC2)NCC1CC1.I. The molecule has 8 heteroatoms. The standard InChI is InChI=1S/C15H26N6O.HI/c1-16-14(18-11-12-6-7-12)17-8-4-10-21-15(22)20-9-3-2-5-13(20)19-21;/h12H,2-11H2,1H3,(H2,16,17,18);1H. The second-order valence-electron chi connectivity index (χ2n) is 6.21. The van der Waals surface area contributed by atoms with Crippen LogP contribution in [0.25, 0.3) is 0 Å². The van der Waals surface area contributed by atoms with Crippen molar-refractivity contribution in [1.29, 1.82) is 0 Å². The lowest BCUT2D eigenvalue weighted by Crippen LogP contribution is -2.39. The van der Waals surface area contributed by atoms with Crippen LogP contribution in [0.5, 0.6) is 0 Å². The second kappa shape index (κ2) is 8.70. The fourth-order valence-corrected chi connectivity index (χ4v) is 2.81. The highest BCUT2D eigenvalue weighted by Crippen LogP contribution is 2.27. The first-order valence-electron chi connectivity index (χ1n) is 8.39. The molecule has 1 saturated carbocycles. The zero-order valence-electron chi connectivity index (χ0n) is 13.8. The average molecular weight is 434 g/mol. The Hall–Kier alpha value is -1.06. The Morgan fingerprint density at radius 3 is 2.87 bits per heavy atom. The lowest BCUT2D eigenvalue weighted by molar-refractivity contribution is 0.509. The quantitative estimate of drug-likeness (QED) is 0.303. The molecule has 0 spiro atoms. The summed E-state index contributed by atoms with van der Waals surface area (Å²) in [6.07, 6.45) is 6.68. The van der Waals surface area contributed by atoms with Crippen molar-refractivity contribution in [2.75, 3.05) is 20.1 Å². The van der Waals surface area contributed by atoms with Crippen molar-refractivity contribution in [2.24, 2.45) is 10.9 Å². The van der Waals surface area contributed by atoms with Crippen LogP contribution in [-0.2, 0) is 19.5 Å². The highest BCUT2D eigenvalue weighted by Gasteiger charge is 2.21. The summed E-state index contributed by atoms with van der Waals surface area (Å²) >= 11 is 0. The van der Waals surface area contributed by atoms with E-state index >= 15 is 0 Å². The van der Waals surface area contributed by atoms with Gasteiger partial charge in [-0.15, -0.1) is 24.0 Å². The first-order chi connectivity index (χ1) is 10.8. The summed E-state index contributed by atoms with van der Waals surface area (Å²) in [6, 6.07) is 0. The summed E-state index contributed by atoms with van der Waals surface area (Å²) in [6.45, 7) is 3.28. The highest BCUT2D eigenvalue weighted by molar-refractivity contribution is 14.0. The van der Waals surface area contributed by atoms with E-state index in [-0.39, 0.29) is 29.7 Å². The van der Waals surface area contributed by atoms with Crippen molar-refractivity contribution < 1.29 is 0 Å². The third kappa shape index (κ3) is 4.95. The Balaban J connectivity index is 0.00000192. The molecule has 1 fully saturated rings. The minimum atomic E-state index is 0. The van der Waals surface area contributed by atoms with Crippen molar-refractivity contribution in [2.45, 2.75) is 51.6 Å². The predicted molar refractivity (Wildman–Crippen MR) is 102 cm³/mol. The predicted octanol–water partition coefficient (Wildman–Crippen LogP) is 0.964. The summed E-state index contributed by atoms with van der Waals surface area (Å²) in [5, 5.41) is 11.1. The van der Waals surface area contributed by atoms with Gasteiger partial charge in [0.2, 0.25) is 0 Å². The number of aromatic nitrogens is 3. The zero-order valence-corrected chi connectivity index (χ0v) is 16.1. The minimum Gasteiger partial charge on any atom is -0.356 e. The van der Waals surface area contributed by atoms with Crippen molar-refractivity contribution in [3.8, 4) is 0 Å². The molecule has 0 atom stereocenters. The van der Waals surface area contributed by atoms with Crippen LogP contribution in [0.3, 0.4) is 0 Å². The van der Waals surface area contributed by atoms with Gasteiger partial charge in [0.1, 0.15) is 5.82 Å². The molecule has 0 amide bonds. The largest absolute Gasteiger partial charge is 0.356 e. The maximum atomic E-state index is 12.2. The number of aliphatic imine (C=N–C) groups is 1. The third-order valence-corrected chi connectivity index (χ3v) is 4.35. The molecule has 2 N–H and O–H groups in total. The number of hydrogen-bond acceptors (Lipinski definition) is 3. The Morgan fingerprint density at radius 1 is 1.35 bits per heavy atom. The fraction of sp³-hybridized carbons (Fsp3) is 0.800. The summed E-state index contributed by atoms with van der Waals surface area (Å²) in [5.41, 5.74) is 0.0472. The van der Waals surface area contributed by atoms with Crippen molar-refractivity contribution in [3.63, 3.8) is 0 Å². The topological polar surface area (TPSA) is 76.2 Å². The molecule has 3 rings (SSSR count). The molecular weight excluding hydrogens is 407 g/mol. The van der Waals surface area contributed by atoms with E-state index in [9.17, 15) is 4.79 Å². The number of hydrogen-bond donors (Lipinski definition) is 2. The smallest absolute Gasteiger partial charge is 0.345 e. The summed E-state index contributed by atoms with van der Waals surface area (Å²) < 4.78 is 3.44. The third-order valence-electron chi connectivity index (χ3n) is 4.35. The lowest BCUT2D eigenvalue weighted by Gasteiger charge is -2.11. The van der Waals surface area contributed by atoms with E-state index in [2.05, 4.69) is 20.7 Å². The zero-order chi connectivity index (χ0) is 15.4. The van der Waals surface area contributed by atoms with Crippen LogP contribution in [0.15, 0.2) is 9.79 Å². The Kier molecular flexibility index (Phi) is 6.91. The van der Waals surface area contributed by atoms with Gasteiger partial charge in [0, 0.05) is 39.6 Å². The van der Waals surface area contributed by atoms with Gasteiger partial charge in [-0.1, -0.05) is 0 Å². The number of nitrogens with one attached hydrogen (secondary N) is 2. The van der Waals surface area contributed by atoms with Gasteiger partial charge in [-0.25, -0.2) is 9.48 Å². The molecule has 1 aliphatic carbocycles. The van der Waals surface area contributed by atoms with E-state index < -0.39 is 0 Å². The van der Waals surface area contributed by atoms with Crippen LogP contribution in [0, 0.1) is 5.92 Å². The van der Waals surface area contributed by atoms with Crippen molar-refractivity contribution in [3.05, 3.63) is 16.3 Å². The highest BCUT2D eigenvalue weighted by atomic mass is 127. The lowest BCUT2D eigenvalue weighted by atomic mass is 10.2. The Morgan fingerprint density at radius 2 is 2.17 bits per heavy atom. The van der Waals surface area contributed by atoms with Gasteiger partial charge in [-0.2, -0.15) is 5.10 Å². The first kappa shape index (κ1) is 18.3. The molecule has 0 bridgehead atoms. The van der Waals surface area contributed by atoms with E-state index in [0.717, 1.165) is 63.0 Å². The van der Waals surface area contributed by atoms with Gasteiger partial charge < -0.3 is 10.6 Å². The number of fused-ring (bicyclic) bond motifs is 1. The van der Waals surface area contributed by atoms with E-state index in [1.807, 2.05) is 4.57 Å². The van der Waals surface area contributed by atoms with Crippen LogP contribution in [-0.4, -0.2) is 40.4 Å². The van der Waals surface area contributed by atoms with E-state index in [0.29, 0.717) is 6.54 Å². The van der Waals surface area contributed by atoms with Crippen LogP contribution >= 0.6 is 24.0 Å². The van der Waals surface area contributed by atoms with Crippen LogP contribution in [0.1, 0.15) is 37.9 Å². The number of rotatable bonds is 6. The molecule has 0 saturated heterocycles. The molecule has 1 aliphatic heterocycles. The van der Waals surface area contributed by atoms with Crippen molar-refractivity contribution >= 4 is 29.9 Å². The summed E-state index contributed by atoms with van der Waals surface area (Å²) in [7, 11) is 1.79. The Labute approximate surface area is 154 Å². The van der Waals surface area contributed by atoms with E-state index in [4.69, 9.17) is 0 Å². The number of guanidine groups is 1. The minimum absolute atomic E-state index is 0. The molecule has 7 nitrogen and oxygen atoms in total. The molecule has 1 aromatic heterocycles. The normalized spacial score (nSPS) is 17.3. The molecule has 0 unspecified atom stereocenters. The van der Waals surface area contributed by atoms with Crippen LogP contribution < -0.4 is 16.3 Å². The maximum Gasteiger partial charge on any atom is 0.345 e. The molecule has 0 radical (unpaired) electrons. The summed E-state index contributed by atoms with van der Waals surface area (Å²) in [4.78, 5) is 16.4. The fourth-order valence-electron chi connectivity index (χ4n) is 2.81. The molecule has 130 valence electrons. The molecule has 23 heavy (non-hydrogen) atoms. The van der Waals surface area contributed by atoms with Crippen LogP contribution in [0.4, 0.5) is 0 Å². The average Bonchev–Trinajstić information content (AvgIpc) is 3.32. The molecule has 0 aromatic carbocycles.